The van der Waals surface area contributed by atoms with Crippen molar-refractivity contribution in [2.75, 3.05) is 13.3 Å². The summed E-state index contributed by atoms with van der Waals surface area (Å²) in [6.07, 6.45) is 1.22. The molecule has 0 saturated heterocycles. The fraction of sp³-hybridized carbons (Fsp3) is 0.375. The van der Waals surface area contributed by atoms with Crippen molar-refractivity contribution in [1.29, 1.82) is 0 Å². The molecule has 0 aliphatic rings. The van der Waals surface area contributed by atoms with Crippen LogP contribution in [-0.2, 0) is 22.9 Å². The summed E-state index contributed by atoms with van der Waals surface area (Å²) >= 11 is 1.61. The minimum atomic E-state index is -3.19. The molecule has 0 atom stereocenters. The van der Waals surface area contributed by atoms with Crippen LogP contribution in [0.1, 0.15) is 21.7 Å². The third-order valence-electron chi connectivity index (χ3n) is 3.58. The molecule has 6 nitrogen and oxygen atoms in total. The van der Waals surface area contributed by atoms with E-state index in [1.807, 2.05) is 24.6 Å². The van der Waals surface area contributed by atoms with Gasteiger partial charge < -0.3 is 10.6 Å². The Morgan fingerprint density at radius 3 is 2.50 bits per heavy atom. The van der Waals surface area contributed by atoms with Gasteiger partial charge in [0.05, 0.1) is 22.6 Å². The number of aliphatic imine (C=N–C) groups is 1. The van der Waals surface area contributed by atoms with E-state index in [9.17, 15) is 8.42 Å². The number of aromatic nitrogens is 1. The Labute approximate surface area is 147 Å². The van der Waals surface area contributed by atoms with Gasteiger partial charge in [0.2, 0.25) is 0 Å². The normalized spacial score (nSPS) is 12.2. The summed E-state index contributed by atoms with van der Waals surface area (Å²) in [5.74, 6) is 0.688. The maximum absolute atomic E-state index is 11.7. The van der Waals surface area contributed by atoms with Crippen LogP contribution in [0.4, 0.5) is 0 Å². The molecule has 0 spiro atoms. The minimum Gasteiger partial charge on any atom is -0.352 e. The molecular formula is C16H22N4O2S2. The van der Waals surface area contributed by atoms with Crippen LogP contribution in [0.25, 0.3) is 0 Å². The summed E-state index contributed by atoms with van der Waals surface area (Å²) in [4.78, 5) is 9.96. The predicted octanol–water partition coefficient (Wildman–Crippen LogP) is 2.03. The van der Waals surface area contributed by atoms with Crippen LogP contribution in [-0.4, -0.2) is 32.7 Å². The third-order valence-corrected chi connectivity index (χ3v) is 5.78. The molecule has 1 aromatic carbocycles. The number of rotatable bonds is 5. The second-order valence-corrected chi connectivity index (χ2v) is 8.44. The number of thiazole rings is 1. The summed E-state index contributed by atoms with van der Waals surface area (Å²) in [5, 5.41) is 6.47. The lowest BCUT2D eigenvalue weighted by atomic mass is 10.1. The van der Waals surface area contributed by atoms with Gasteiger partial charge in [-0.05, 0) is 31.0 Å². The Balaban J connectivity index is 1.96. The highest BCUT2D eigenvalue weighted by atomic mass is 32.2. The quantitative estimate of drug-likeness (QED) is 0.625. The number of guanidine groups is 1. The zero-order chi connectivity index (χ0) is 17.7. The molecule has 2 aromatic rings. The molecular weight excluding hydrogens is 344 g/mol. The molecule has 0 bridgehead atoms. The first kappa shape index (κ1) is 18.4. The Kier molecular flexibility index (Phi) is 5.95. The lowest BCUT2D eigenvalue weighted by Gasteiger charge is -2.12. The monoisotopic (exact) mass is 366 g/mol. The van der Waals surface area contributed by atoms with Crippen LogP contribution < -0.4 is 10.6 Å². The van der Waals surface area contributed by atoms with Crippen molar-refractivity contribution in [2.45, 2.75) is 31.8 Å². The second-order valence-electron chi connectivity index (χ2n) is 5.51. The molecule has 0 unspecified atom stereocenters. The van der Waals surface area contributed by atoms with E-state index in [0.717, 1.165) is 16.8 Å². The van der Waals surface area contributed by atoms with Crippen LogP contribution in [0.3, 0.4) is 0 Å². The molecule has 0 amide bonds. The van der Waals surface area contributed by atoms with Crippen molar-refractivity contribution in [3.8, 4) is 0 Å². The number of sulfone groups is 1. The van der Waals surface area contributed by atoms with Gasteiger partial charge in [-0.2, -0.15) is 0 Å². The third kappa shape index (κ3) is 4.78. The Bertz CT molecular complexity index is 842. The summed E-state index contributed by atoms with van der Waals surface area (Å²) in [6.45, 7) is 5.02. The summed E-state index contributed by atoms with van der Waals surface area (Å²) in [7, 11) is -1.47. The highest BCUT2D eigenvalue weighted by molar-refractivity contribution is 7.90. The Morgan fingerprint density at radius 1 is 1.25 bits per heavy atom. The number of hydrogen-bond acceptors (Lipinski definition) is 5. The molecule has 0 radical (unpaired) electrons. The average Bonchev–Trinajstić information content (AvgIpc) is 2.91. The lowest BCUT2D eigenvalue weighted by Crippen LogP contribution is -2.36. The van der Waals surface area contributed by atoms with Crippen molar-refractivity contribution in [3.05, 3.63) is 45.4 Å². The van der Waals surface area contributed by atoms with Crippen molar-refractivity contribution in [2.24, 2.45) is 4.99 Å². The number of aryl methyl sites for hydroxylation is 2. The van der Waals surface area contributed by atoms with Crippen molar-refractivity contribution < 1.29 is 8.42 Å². The van der Waals surface area contributed by atoms with E-state index in [2.05, 4.69) is 20.6 Å². The largest absolute Gasteiger partial charge is 0.352 e. The molecule has 24 heavy (non-hydrogen) atoms. The molecule has 130 valence electrons. The first-order valence-electron chi connectivity index (χ1n) is 7.44. The van der Waals surface area contributed by atoms with Gasteiger partial charge in [0.1, 0.15) is 0 Å². The number of nitrogens with zero attached hydrogens (tertiary/aromatic N) is 2. The molecule has 0 fully saturated rings. The van der Waals surface area contributed by atoms with Crippen LogP contribution in [0.2, 0.25) is 0 Å². The van der Waals surface area contributed by atoms with Gasteiger partial charge in [0, 0.05) is 24.7 Å². The van der Waals surface area contributed by atoms with Gasteiger partial charge in [-0.15, -0.1) is 11.3 Å². The van der Waals surface area contributed by atoms with Gasteiger partial charge >= 0.3 is 0 Å². The number of benzene rings is 1. The lowest BCUT2D eigenvalue weighted by molar-refractivity contribution is 0.601. The average molecular weight is 367 g/mol. The topological polar surface area (TPSA) is 83.5 Å². The van der Waals surface area contributed by atoms with E-state index in [4.69, 9.17) is 0 Å². The standard InChI is InChI=1S/C16H22N4O2S2/c1-11-7-13(5-6-15(11)24(4,21)22)8-18-16(17-3)19-9-14-12(2)20-10-23-14/h5-7,10H,8-9H2,1-4H3,(H2,17,18,19). The Hall–Kier alpha value is -1.93. The first-order valence-corrected chi connectivity index (χ1v) is 10.2. The van der Waals surface area contributed by atoms with Crippen molar-refractivity contribution in [3.63, 3.8) is 0 Å². The predicted molar refractivity (Wildman–Crippen MR) is 98.2 cm³/mol. The fourth-order valence-electron chi connectivity index (χ4n) is 2.30. The van der Waals surface area contributed by atoms with E-state index in [1.165, 1.54) is 11.1 Å². The van der Waals surface area contributed by atoms with Gasteiger partial charge in [-0.1, -0.05) is 12.1 Å². The number of nitrogens with one attached hydrogen (secondary N) is 2. The van der Waals surface area contributed by atoms with Gasteiger partial charge in [-0.3, -0.25) is 4.99 Å². The molecule has 0 saturated carbocycles. The molecule has 8 heteroatoms. The Morgan fingerprint density at radius 2 is 1.96 bits per heavy atom. The van der Waals surface area contributed by atoms with E-state index >= 15 is 0 Å². The smallest absolute Gasteiger partial charge is 0.191 e. The van der Waals surface area contributed by atoms with Crippen LogP contribution in [0, 0.1) is 13.8 Å². The summed E-state index contributed by atoms with van der Waals surface area (Å²) in [5.41, 5.74) is 4.60. The second kappa shape index (κ2) is 7.76. The summed E-state index contributed by atoms with van der Waals surface area (Å²) in [6, 6.07) is 5.35. The van der Waals surface area contributed by atoms with E-state index in [1.54, 1.807) is 31.4 Å². The zero-order valence-electron chi connectivity index (χ0n) is 14.3. The van der Waals surface area contributed by atoms with Crippen molar-refractivity contribution >= 4 is 27.1 Å². The molecule has 1 aromatic heterocycles. The maximum atomic E-state index is 11.7. The fourth-order valence-corrected chi connectivity index (χ4v) is 3.98. The number of hydrogen-bond donors (Lipinski definition) is 2. The van der Waals surface area contributed by atoms with Crippen LogP contribution in [0.15, 0.2) is 33.6 Å². The maximum Gasteiger partial charge on any atom is 0.191 e. The first-order chi connectivity index (χ1) is 11.3. The van der Waals surface area contributed by atoms with E-state index in [-0.39, 0.29) is 0 Å². The highest BCUT2D eigenvalue weighted by Gasteiger charge is 2.11. The zero-order valence-corrected chi connectivity index (χ0v) is 15.9. The molecule has 2 N–H and O–H groups in total. The summed E-state index contributed by atoms with van der Waals surface area (Å²) < 4.78 is 23.3. The molecule has 2 rings (SSSR count). The van der Waals surface area contributed by atoms with E-state index in [0.29, 0.717) is 23.9 Å². The highest BCUT2D eigenvalue weighted by Crippen LogP contribution is 2.16. The van der Waals surface area contributed by atoms with Crippen LogP contribution >= 0.6 is 11.3 Å². The van der Waals surface area contributed by atoms with Gasteiger partial charge in [0.15, 0.2) is 15.8 Å². The van der Waals surface area contributed by atoms with Gasteiger partial charge in [0.25, 0.3) is 0 Å². The van der Waals surface area contributed by atoms with Crippen molar-refractivity contribution in [1.82, 2.24) is 15.6 Å². The molecule has 1 heterocycles. The van der Waals surface area contributed by atoms with Gasteiger partial charge in [-0.25, -0.2) is 13.4 Å². The molecule has 0 aliphatic heterocycles. The minimum absolute atomic E-state index is 0.370. The molecule has 0 aliphatic carbocycles. The van der Waals surface area contributed by atoms with E-state index < -0.39 is 9.84 Å². The van der Waals surface area contributed by atoms with Crippen LogP contribution in [0.5, 0.6) is 0 Å². The SMILES string of the molecule is CN=C(NCc1ccc(S(C)(=O)=O)c(C)c1)NCc1scnc1C.